The highest BCUT2D eigenvalue weighted by atomic mass is 16.5. The van der Waals surface area contributed by atoms with E-state index in [9.17, 15) is 4.79 Å². The highest BCUT2D eigenvalue weighted by molar-refractivity contribution is 5.77. The van der Waals surface area contributed by atoms with E-state index in [1.54, 1.807) is 20.5 Å². The molecule has 3 aromatic carbocycles. The first-order valence-corrected chi connectivity index (χ1v) is 9.91. The van der Waals surface area contributed by atoms with Gasteiger partial charge in [-0.2, -0.15) is 0 Å². The summed E-state index contributed by atoms with van der Waals surface area (Å²) in [5.74, 6) is 1.27. The second kappa shape index (κ2) is 9.21. The average molecular weight is 416 g/mol. The zero-order chi connectivity index (χ0) is 21.6. The van der Waals surface area contributed by atoms with Crippen LogP contribution in [0.1, 0.15) is 22.7 Å². The van der Waals surface area contributed by atoms with Crippen molar-refractivity contribution < 1.29 is 14.3 Å². The number of nitrogens with zero attached hydrogens (tertiary/aromatic N) is 1. The highest BCUT2D eigenvalue weighted by Gasteiger charge is 2.17. The minimum absolute atomic E-state index is 0.270. The van der Waals surface area contributed by atoms with E-state index in [4.69, 9.17) is 9.47 Å². The van der Waals surface area contributed by atoms with Crippen molar-refractivity contribution in [1.29, 1.82) is 0 Å². The third-order valence-corrected chi connectivity index (χ3v) is 5.09. The smallest absolute Gasteiger partial charge is 0.315 e. The number of nitrogens with one attached hydrogen (secondary N) is 3. The van der Waals surface area contributed by atoms with Crippen molar-refractivity contribution in [2.24, 2.45) is 0 Å². The molecule has 1 atom stereocenters. The average Bonchev–Trinajstić information content (AvgIpc) is 3.29. The number of ether oxygens (including phenoxy) is 2. The Hall–Kier alpha value is -4.00. The summed E-state index contributed by atoms with van der Waals surface area (Å²) in [6.45, 7) is 0.354. The van der Waals surface area contributed by atoms with Gasteiger partial charge in [0.15, 0.2) is 11.5 Å². The molecule has 7 heteroatoms. The van der Waals surface area contributed by atoms with Crippen molar-refractivity contribution in [3.63, 3.8) is 0 Å². The van der Waals surface area contributed by atoms with Crippen LogP contribution in [0.15, 0.2) is 73.1 Å². The van der Waals surface area contributed by atoms with E-state index in [0.29, 0.717) is 18.0 Å². The molecule has 7 nitrogen and oxygen atoms in total. The van der Waals surface area contributed by atoms with E-state index in [-0.39, 0.29) is 12.1 Å². The third-order valence-electron chi connectivity index (χ3n) is 5.09. The Kier molecular flexibility index (Phi) is 6.03. The van der Waals surface area contributed by atoms with Gasteiger partial charge in [-0.25, -0.2) is 9.78 Å². The molecule has 1 heterocycles. The van der Waals surface area contributed by atoms with Gasteiger partial charge in [-0.1, -0.05) is 42.5 Å². The van der Waals surface area contributed by atoms with Gasteiger partial charge in [0.1, 0.15) is 0 Å². The molecule has 0 aliphatic carbocycles. The molecule has 0 saturated carbocycles. The van der Waals surface area contributed by atoms with Crippen molar-refractivity contribution in [2.75, 3.05) is 14.2 Å². The van der Waals surface area contributed by atoms with Crippen molar-refractivity contribution in [3.05, 3.63) is 89.7 Å². The fraction of sp³-hybridized carbons (Fsp3) is 0.167. The minimum atomic E-state index is -0.306. The molecule has 4 rings (SSSR count). The molecule has 0 spiro atoms. The maximum atomic E-state index is 12.8. The topological polar surface area (TPSA) is 88.3 Å². The van der Waals surface area contributed by atoms with Crippen LogP contribution in [0.25, 0.3) is 11.0 Å². The molecule has 158 valence electrons. The molecule has 31 heavy (non-hydrogen) atoms. The molecule has 0 bridgehead atoms. The lowest BCUT2D eigenvalue weighted by Crippen LogP contribution is -2.38. The van der Waals surface area contributed by atoms with Crippen LogP contribution in [0.2, 0.25) is 0 Å². The summed E-state index contributed by atoms with van der Waals surface area (Å²) >= 11 is 0. The van der Waals surface area contributed by atoms with E-state index in [1.807, 2.05) is 66.7 Å². The van der Waals surface area contributed by atoms with Crippen LogP contribution < -0.4 is 20.1 Å². The normalized spacial score (nSPS) is 11.7. The van der Waals surface area contributed by atoms with Crippen LogP contribution in [-0.4, -0.2) is 30.2 Å². The summed E-state index contributed by atoms with van der Waals surface area (Å²) in [4.78, 5) is 20.2. The number of urea groups is 1. The summed E-state index contributed by atoms with van der Waals surface area (Å²) in [6, 6.07) is 20.8. The summed E-state index contributed by atoms with van der Waals surface area (Å²) in [5, 5.41) is 6.01. The van der Waals surface area contributed by atoms with Crippen molar-refractivity contribution >= 4 is 17.1 Å². The summed E-state index contributed by atoms with van der Waals surface area (Å²) in [6.07, 6.45) is 1.66. The summed E-state index contributed by atoms with van der Waals surface area (Å²) in [5.41, 5.74) is 4.66. The lowest BCUT2D eigenvalue weighted by atomic mass is 9.98. The molecule has 3 N–H and O–H groups in total. The number of carbonyl (C=O) groups is 1. The molecule has 0 aliphatic rings. The molecule has 0 unspecified atom stereocenters. The maximum Gasteiger partial charge on any atom is 0.315 e. The van der Waals surface area contributed by atoms with Gasteiger partial charge in [-0.15, -0.1) is 0 Å². The predicted octanol–water partition coefficient (Wildman–Crippen LogP) is 4.17. The number of aromatic nitrogens is 2. The van der Waals surface area contributed by atoms with E-state index >= 15 is 0 Å². The van der Waals surface area contributed by atoms with Gasteiger partial charge in [0.05, 0.1) is 37.6 Å². The number of methoxy groups -OCH3 is 2. The highest BCUT2D eigenvalue weighted by Crippen LogP contribution is 2.28. The first kappa shape index (κ1) is 20.3. The number of amides is 2. The van der Waals surface area contributed by atoms with Crippen LogP contribution in [-0.2, 0) is 6.54 Å². The quantitative estimate of drug-likeness (QED) is 0.422. The van der Waals surface area contributed by atoms with Crippen molar-refractivity contribution in [3.8, 4) is 11.5 Å². The molecule has 1 aromatic heterocycles. The Balaban J connectivity index is 1.51. The number of carbonyl (C=O) groups excluding carboxylic acids is 1. The number of hydrogen-bond donors (Lipinski definition) is 3. The summed E-state index contributed by atoms with van der Waals surface area (Å²) < 4.78 is 10.6. The maximum absolute atomic E-state index is 12.8. The molecule has 4 aromatic rings. The molecule has 0 saturated heterocycles. The second-order valence-corrected chi connectivity index (χ2v) is 7.04. The van der Waals surface area contributed by atoms with E-state index in [1.165, 1.54) is 0 Å². The molecule has 0 aliphatic heterocycles. The van der Waals surface area contributed by atoms with Gasteiger partial charge in [-0.3, -0.25) is 0 Å². The number of benzene rings is 3. The SMILES string of the molecule is COc1ccc(CNC(=O)N[C@@H](c2ccccc2)c2ccc3nc[nH]c3c2)cc1OC. The Morgan fingerprint density at radius 3 is 2.55 bits per heavy atom. The van der Waals surface area contributed by atoms with Crippen molar-refractivity contribution in [1.82, 2.24) is 20.6 Å². The monoisotopic (exact) mass is 416 g/mol. The molecule has 2 amide bonds. The van der Waals surface area contributed by atoms with Crippen LogP contribution in [0.3, 0.4) is 0 Å². The van der Waals surface area contributed by atoms with Crippen LogP contribution >= 0.6 is 0 Å². The molecular formula is C24H24N4O3. The zero-order valence-electron chi connectivity index (χ0n) is 17.4. The zero-order valence-corrected chi connectivity index (χ0v) is 17.4. The van der Waals surface area contributed by atoms with Gasteiger partial charge in [0.2, 0.25) is 0 Å². The summed E-state index contributed by atoms with van der Waals surface area (Å²) in [7, 11) is 3.18. The van der Waals surface area contributed by atoms with Crippen LogP contribution in [0.4, 0.5) is 4.79 Å². The minimum Gasteiger partial charge on any atom is -0.493 e. The van der Waals surface area contributed by atoms with Crippen molar-refractivity contribution in [2.45, 2.75) is 12.6 Å². The predicted molar refractivity (Wildman–Crippen MR) is 119 cm³/mol. The number of aromatic amines is 1. The fourth-order valence-electron chi connectivity index (χ4n) is 3.49. The van der Waals surface area contributed by atoms with Crippen LogP contribution in [0, 0.1) is 0 Å². The van der Waals surface area contributed by atoms with E-state index < -0.39 is 0 Å². The third kappa shape index (κ3) is 4.61. The number of H-pyrrole nitrogens is 1. The largest absolute Gasteiger partial charge is 0.493 e. The van der Waals surface area contributed by atoms with Gasteiger partial charge >= 0.3 is 6.03 Å². The first-order chi connectivity index (χ1) is 15.2. The van der Waals surface area contributed by atoms with Gasteiger partial charge in [0, 0.05) is 6.54 Å². The Morgan fingerprint density at radius 1 is 0.968 bits per heavy atom. The second-order valence-electron chi connectivity index (χ2n) is 7.04. The Labute approximate surface area is 180 Å². The molecular weight excluding hydrogens is 392 g/mol. The van der Waals surface area contributed by atoms with Gasteiger partial charge in [0.25, 0.3) is 0 Å². The van der Waals surface area contributed by atoms with Crippen LogP contribution in [0.5, 0.6) is 11.5 Å². The van der Waals surface area contributed by atoms with Gasteiger partial charge in [-0.05, 0) is 41.0 Å². The first-order valence-electron chi connectivity index (χ1n) is 9.91. The van der Waals surface area contributed by atoms with Gasteiger partial charge < -0.3 is 25.1 Å². The van der Waals surface area contributed by atoms with E-state index in [0.717, 1.165) is 27.7 Å². The Morgan fingerprint density at radius 2 is 1.77 bits per heavy atom. The lowest BCUT2D eigenvalue weighted by molar-refractivity contribution is 0.238. The molecule has 0 fully saturated rings. The van der Waals surface area contributed by atoms with E-state index in [2.05, 4.69) is 20.6 Å². The number of hydrogen-bond acceptors (Lipinski definition) is 4. The number of fused-ring (bicyclic) bond motifs is 1. The standard InChI is InChI=1S/C24H24N4O3/c1-30-21-11-8-16(12-22(21)31-2)14-25-24(29)28-23(17-6-4-3-5-7-17)18-9-10-19-20(13-18)27-15-26-19/h3-13,15,23H,14H2,1-2H3,(H,26,27)(H2,25,28,29)/t23-/m0/s1. The fourth-order valence-corrected chi connectivity index (χ4v) is 3.49. The Bertz CT molecular complexity index is 1170. The molecule has 0 radical (unpaired) electrons. The number of rotatable bonds is 7. The number of imidazole rings is 1. The lowest BCUT2D eigenvalue weighted by Gasteiger charge is -2.20.